The highest BCUT2D eigenvalue weighted by Crippen LogP contribution is 2.36. The van der Waals surface area contributed by atoms with Crippen LogP contribution in [0.1, 0.15) is 69.5 Å². The van der Waals surface area contributed by atoms with Crippen LogP contribution in [-0.2, 0) is 6.54 Å². The summed E-state index contributed by atoms with van der Waals surface area (Å²) in [6, 6.07) is 8.67. The average molecular weight is 358 g/mol. The summed E-state index contributed by atoms with van der Waals surface area (Å²) in [4.78, 5) is 2.47. The molecule has 0 amide bonds. The molecule has 1 atom stereocenters. The molecule has 1 aromatic carbocycles. The van der Waals surface area contributed by atoms with Crippen molar-refractivity contribution >= 4 is 0 Å². The van der Waals surface area contributed by atoms with Crippen molar-refractivity contribution in [1.82, 2.24) is 10.1 Å². The van der Waals surface area contributed by atoms with Gasteiger partial charge in [-0.15, -0.1) is 0 Å². The van der Waals surface area contributed by atoms with Gasteiger partial charge in [-0.25, -0.2) is 0 Å². The topological polar surface area (TPSA) is 47.7 Å². The number of ether oxygens (including phenoxy) is 2. The molecule has 1 fully saturated rings. The molecule has 1 saturated heterocycles. The molecule has 3 rings (SSSR count). The smallest absolute Gasteiger partial charge is 0.161 e. The van der Waals surface area contributed by atoms with Gasteiger partial charge in [0.1, 0.15) is 0 Å². The predicted molar refractivity (Wildman–Crippen MR) is 102 cm³/mol. The first kappa shape index (κ1) is 18.8. The van der Waals surface area contributed by atoms with Gasteiger partial charge < -0.3 is 14.0 Å². The van der Waals surface area contributed by atoms with E-state index in [0.29, 0.717) is 25.2 Å². The van der Waals surface area contributed by atoms with Crippen molar-refractivity contribution in [3.8, 4) is 11.5 Å². The summed E-state index contributed by atoms with van der Waals surface area (Å²) in [6.07, 6.45) is 2.29. The monoisotopic (exact) mass is 358 g/mol. The molecule has 5 heteroatoms. The molecule has 0 bridgehead atoms. The SMILES string of the molecule is CCOc1ccc(CN2CCC[C@H]2c2cc(C(C)C)no2)cc1OCC. The van der Waals surface area contributed by atoms with Crippen LogP contribution >= 0.6 is 0 Å². The van der Waals surface area contributed by atoms with E-state index in [4.69, 9.17) is 14.0 Å². The Kier molecular flexibility index (Phi) is 6.20. The average Bonchev–Trinajstić information content (AvgIpc) is 3.26. The van der Waals surface area contributed by atoms with E-state index in [-0.39, 0.29) is 0 Å². The summed E-state index contributed by atoms with van der Waals surface area (Å²) >= 11 is 0. The van der Waals surface area contributed by atoms with Crippen molar-refractivity contribution in [3.05, 3.63) is 41.3 Å². The second-order valence-corrected chi connectivity index (χ2v) is 7.08. The number of hydrogen-bond acceptors (Lipinski definition) is 5. The lowest BCUT2D eigenvalue weighted by Crippen LogP contribution is -2.22. The molecule has 1 aromatic heterocycles. The summed E-state index contributed by atoms with van der Waals surface area (Å²) in [5, 5.41) is 4.23. The highest BCUT2D eigenvalue weighted by Gasteiger charge is 2.29. The molecule has 5 nitrogen and oxygen atoms in total. The molecule has 0 saturated carbocycles. The van der Waals surface area contributed by atoms with Gasteiger partial charge in [0.15, 0.2) is 17.3 Å². The maximum atomic E-state index is 5.76. The van der Waals surface area contributed by atoms with E-state index >= 15 is 0 Å². The standard InChI is InChI=1S/C21H30N2O3/c1-5-24-19-10-9-16(12-21(19)25-6-2)14-23-11-7-8-18(23)20-13-17(15(3)4)22-26-20/h9-10,12-13,15,18H,5-8,11,14H2,1-4H3/t18-/m0/s1. The minimum Gasteiger partial charge on any atom is -0.490 e. The quantitative estimate of drug-likeness (QED) is 0.669. The Balaban J connectivity index is 1.75. The van der Waals surface area contributed by atoms with Crippen LogP contribution in [0.4, 0.5) is 0 Å². The fraction of sp³-hybridized carbons (Fsp3) is 0.571. The van der Waals surface area contributed by atoms with Crippen LogP contribution in [0.2, 0.25) is 0 Å². The Hall–Kier alpha value is -2.01. The minimum absolute atomic E-state index is 0.303. The van der Waals surface area contributed by atoms with Crippen LogP contribution in [0.15, 0.2) is 28.8 Å². The zero-order valence-corrected chi connectivity index (χ0v) is 16.3. The minimum atomic E-state index is 0.303. The van der Waals surface area contributed by atoms with Crippen molar-refractivity contribution in [1.29, 1.82) is 0 Å². The lowest BCUT2D eigenvalue weighted by Gasteiger charge is -2.23. The molecular weight excluding hydrogens is 328 g/mol. The predicted octanol–water partition coefficient (Wildman–Crippen LogP) is 4.93. The molecule has 0 unspecified atom stereocenters. The third-order valence-corrected chi connectivity index (χ3v) is 4.82. The first-order valence-electron chi connectivity index (χ1n) is 9.71. The van der Waals surface area contributed by atoms with Gasteiger partial charge in [0, 0.05) is 12.6 Å². The second-order valence-electron chi connectivity index (χ2n) is 7.08. The van der Waals surface area contributed by atoms with E-state index in [1.807, 2.05) is 19.9 Å². The van der Waals surface area contributed by atoms with E-state index in [2.05, 4.69) is 42.1 Å². The Labute approximate surface area is 156 Å². The zero-order chi connectivity index (χ0) is 18.5. The number of benzene rings is 1. The van der Waals surface area contributed by atoms with Crippen molar-refractivity contribution in [3.63, 3.8) is 0 Å². The summed E-state index contributed by atoms with van der Waals surface area (Å²) in [7, 11) is 0. The zero-order valence-electron chi connectivity index (χ0n) is 16.3. The van der Waals surface area contributed by atoms with Gasteiger partial charge in [0.25, 0.3) is 0 Å². The van der Waals surface area contributed by atoms with E-state index < -0.39 is 0 Å². The van der Waals surface area contributed by atoms with Crippen LogP contribution in [-0.4, -0.2) is 29.8 Å². The van der Waals surface area contributed by atoms with Gasteiger partial charge in [-0.1, -0.05) is 25.1 Å². The number of aromatic nitrogens is 1. The Morgan fingerprint density at radius 1 is 1.15 bits per heavy atom. The normalized spacial score (nSPS) is 17.8. The second kappa shape index (κ2) is 8.58. The van der Waals surface area contributed by atoms with Crippen molar-refractivity contribution in [2.45, 2.75) is 59.0 Å². The molecule has 142 valence electrons. The highest BCUT2D eigenvalue weighted by atomic mass is 16.5. The van der Waals surface area contributed by atoms with Crippen molar-refractivity contribution in [2.75, 3.05) is 19.8 Å². The maximum absolute atomic E-state index is 5.76. The van der Waals surface area contributed by atoms with Crippen molar-refractivity contribution < 1.29 is 14.0 Å². The Bertz CT molecular complexity index is 711. The van der Waals surface area contributed by atoms with Crippen molar-refractivity contribution in [2.24, 2.45) is 0 Å². The molecule has 0 N–H and O–H groups in total. The molecule has 1 aliphatic heterocycles. The van der Waals surface area contributed by atoms with Crippen LogP contribution in [0.5, 0.6) is 11.5 Å². The molecule has 0 spiro atoms. The highest BCUT2D eigenvalue weighted by molar-refractivity contribution is 5.43. The number of likely N-dealkylation sites (tertiary alicyclic amines) is 1. The van der Waals surface area contributed by atoms with Gasteiger partial charge >= 0.3 is 0 Å². The van der Waals surface area contributed by atoms with E-state index in [0.717, 1.165) is 42.5 Å². The number of hydrogen-bond donors (Lipinski definition) is 0. The van der Waals surface area contributed by atoms with Gasteiger partial charge in [-0.3, -0.25) is 4.90 Å². The van der Waals surface area contributed by atoms with Gasteiger partial charge in [0.05, 0.1) is 24.9 Å². The van der Waals surface area contributed by atoms with Crippen LogP contribution in [0.25, 0.3) is 0 Å². The fourth-order valence-corrected chi connectivity index (χ4v) is 3.50. The van der Waals surface area contributed by atoms with Gasteiger partial charge in [0.2, 0.25) is 0 Å². The van der Waals surface area contributed by atoms with Gasteiger partial charge in [-0.05, 0) is 56.8 Å². The van der Waals surface area contributed by atoms with Crippen LogP contribution in [0, 0.1) is 0 Å². The first-order valence-corrected chi connectivity index (χ1v) is 9.71. The van der Waals surface area contributed by atoms with Crippen LogP contribution < -0.4 is 9.47 Å². The van der Waals surface area contributed by atoms with E-state index in [1.54, 1.807) is 0 Å². The molecule has 26 heavy (non-hydrogen) atoms. The third-order valence-electron chi connectivity index (χ3n) is 4.82. The van der Waals surface area contributed by atoms with Crippen LogP contribution in [0.3, 0.4) is 0 Å². The fourth-order valence-electron chi connectivity index (χ4n) is 3.50. The summed E-state index contributed by atoms with van der Waals surface area (Å²) in [5.41, 5.74) is 2.26. The summed E-state index contributed by atoms with van der Waals surface area (Å²) < 4.78 is 17.1. The number of nitrogens with zero attached hydrogens (tertiary/aromatic N) is 2. The Morgan fingerprint density at radius 2 is 1.92 bits per heavy atom. The molecule has 2 heterocycles. The molecule has 2 aromatic rings. The molecule has 1 aliphatic rings. The van der Waals surface area contributed by atoms with Gasteiger partial charge in [-0.2, -0.15) is 0 Å². The third kappa shape index (κ3) is 4.21. The first-order chi connectivity index (χ1) is 12.6. The largest absolute Gasteiger partial charge is 0.490 e. The maximum Gasteiger partial charge on any atom is 0.161 e. The lowest BCUT2D eigenvalue weighted by molar-refractivity contribution is 0.206. The summed E-state index contributed by atoms with van der Waals surface area (Å²) in [6.45, 7) is 11.5. The molecular formula is C21H30N2O3. The summed E-state index contributed by atoms with van der Waals surface area (Å²) in [5.74, 6) is 3.02. The Morgan fingerprint density at radius 3 is 2.62 bits per heavy atom. The lowest BCUT2D eigenvalue weighted by atomic mass is 10.1. The van der Waals surface area contributed by atoms with E-state index in [1.165, 1.54) is 12.0 Å². The molecule has 0 aliphatic carbocycles. The molecule has 0 radical (unpaired) electrons. The number of rotatable bonds is 8. The van der Waals surface area contributed by atoms with E-state index in [9.17, 15) is 0 Å².